The zero-order chi connectivity index (χ0) is 21.1. The number of hydrogen-bond donors (Lipinski definition) is 2. The quantitative estimate of drug-likeness (QED) is 0.624. The van der Waals surface area contributed by atoms with E-state index in [4.69, 9.17) is 0 Å². The Morgan fingerprint density at radius 1 is 0.900 bits per heavy atom. The zero-order valence-electron chi connectivity index (χ0n) is 17.1. The second-order valence-electron chi connectivity index (χ2n) is 7.64. The van der Waals surface area contributed by atoms with Gasteiger partial charge in [-0.15, -0.1) is 5.10 Å². The van der Waals surface area contributed by atoms with Crippen LogP contribution in [0.4, 0.5) is 22.9 Å². The summed E-state index contributed by atoms with van der Waals surface area (Å²) in [6, 6.07) is 14.4. The number of fused-ring (bicyclic) bond motifs is 1. The van der Waals surface area contributed by atoms with Gasteiger partial charge in [0.1, 0.15) is 0 Å². The predicted molar refractivity (Wildman–Crippen MR) is 120 cm³/mol. The van der Waals surface area contributed by atoms with Gasteiger partial charge < -0.3 is 10.2 Å². The molecule has 1 aliphatic rings. The number of nitrogens with zero attached hydrogens (tertiary/aromatic N) is 3. The Hall–Kier alpha value is -3.13. The molecule has 2 N–H and O–H groups in total. The Bertz CT molecular complexity index is 1140. The van der Waals surface area contributed by atoms with E-state index in [-0.39, 0.29) is 0 Å². The molecule has 30 heavy (non-hydrogen) atoms. The standard InChI is InChI=1S/C22H25N5O2S/c1-27(2)20-14-22(25-23-15-20)24-18-8-10-19(11-9-18)26-30(28,29)21-12-7-16-5-3-4-6-17(16)13-21/h7-15,26H,3-6H2,1-2H3,(H,24,25). The van der Waals surface area contributed by atoms with E-state index in [9.17, 15) is 8.42 Å². The number of benzene rings is 2. The minimum atomic E-state index is -3.63. The molecule has 0 saturated heterocycles. The monoisotopic (exact) mass is 423 g/mol. The Kier molecular flexibility index (Phi) is 5.59. The van der Waals surface area contributed by atoms with Crippen molar-refractivity contribution in [2.24, 2.45) is 0 Å². The molecule has 7 nitrogen and oxygen atoms in total. The third-order valence-electron chi connectivity index (χ3n) is 5.20. The molecule has 1 aromatic heterocycles. The van der Waals surface area contributed by atoms with Gasteiger partial charge in [0.25, 0.3) is 10.0 Å². The van der Waals surface area contributed by atoms with Crippen LogP contribution in [-0.4, -0.2) is 32.7 Å². The van der Waals surface area contributed by atoms with Gasteiger partial charge in [0, 0.05) is 31.5 Å². The van der Waals surface area contributed by atoms with E-state index in [2.05, 4.69) is 20.2 Å². The van der Waals surface area contributed by atoms with Crippen LogP contribution in [0.2, 0.25) is 0 Å². The molecule has 1 heterocycles. The molecule has 0 saturated carbocycles. The molecule has 0 bridgehead atoms. The predicted octanol–water partition coefficient (Wildman–Crippen LogP) is 3.97. The summed E-state index contributed by atoms with van der Waals surface area (Å²) in [5.41, 5.74) is 4.63. The van der Waals surface area contributed by atoms with Crippen LogP contribution in [0, 0.1) is 0 Å². The first-order valence-corrected chi connectivity index (χ1v) is 11.4. The maximum atomic E-state index is 12.8. The van der Waals surface area contributed by atoms with E-state index in [0.29, 0.717) is 16.4 Å². The van der Waals surface area contributed by atoms with Gasteiger partial charge >= 0.3 is 0 Å². The Labute approximate surface area is 177 Å². The van der Waals surface area contributed by atoms with Crippen molar-refractivity contribution >= 4 is 32.9 Å². The molecular weight excluding hydrogens is 398 g/mol. The van der Waals surface area contributed by atoms with Crippen LogP contribution in [0.5, 0.6) is 0 Å². The van der Waals surface area contributed by atoms with Gasteiger partial charge in [-0.3, -0.25) is 4.72 Å². The summed E-state index contributed by atoms with van der Waals surface area (Å²) in [6.45, 7) is 0. The molecule has 0 amide bonds. The first-order valence-electron chi connectivity index (χ1n) is 9.92. The molecule has 8 heteroatoms. The fraction of sp³-hybridized carbons (Fsp3) is 0.273. The minimum Gasteiger partial charge on any atom is -0.376 e. The van der Waals surface area contributed by atoms with Crippen LogP contribution in [0.3, 0.4) is 0 Å². The number of nitrogens with one attached hydrogen (secondary N) is 2. The highest BCUT2D eigenvalue weighted by Gasteiger charge is 2.18. The summed E-state index contributed by atoms with van der Waals surface area (Å²) in [7, 11) is 0.238. The van der Waals surface area contributed by atoms with Gasteiger partial charge in [-0.05, 0) is 73.2 Å². The lowest BCUT2D eigenvalue weighted by Crippen LogP contribution is -2.14. The fourth-order valence-corrected chi connectivity index (χ4v) is 4.63. The Morgan fingerprint density at radius 2 is 1.60 bits per heavy atom. The molecule has 0 spiro atoms. The van der Waals surface area contributed by atoms with Crippen LogP contribution >= 0.6 is 0 Å². The lowest BCUT2D eigenvalue weighted by Gasteiger charge is -2.17. The summed E-state index contributed by atoms with van der Waals surface area (Å²) in [5.74, 6) is 0.614. The van der Waals surface area contributed by atoms with Crippen LogP contribution in [0.15, 0.2) is 59.6 Å². The van der Waals surface area contributed by atoms with Gasteiger partial charge in [-0.25, -0.2) is 8.42 Å². The van der Waals surface area contributed by atoms with Crippen LogP contribution < -0.4 is 14.9 Å². The van der Waals surface area contributed by atoms with Gasteiger partial charge in [0.2, 0.25) is 0 Å². The molecule has 0 fully saturated rings. The maximum Gasteiger partial charge on any atom is 0.261 e. The smallest absolute Gasteiger partial charge is 0.261 e. The van der Waals surface area contributed by atoms with E-state index in [1.807, 2.05) is 37.2 Å². The summed E-state index contributed by atoms with van der Waals surface area (Å²) in [5, 5.41) is 11.2. The van der Waals surface area contributed by atoms with E-state index < -0.39 is 10.0 Å². The van der Waals surface area contributed by atoms with Crippen molar-refractivity contribution in [2.75, 3.05) is 29.0 Å². The minimum absolute atomic E-state index is 0.307. The number of hydrogen-bond acceptors (Lipinski definition) is 6. The van der Waals surface area contributed by atoms with Crippen molar-refractivity contribution in [3.63, 3.8) is 0 Å². The fourth-order valence-electron chi connectivity index (χ4n) is 3.52. The molecule has 0 radical (unpaired) electrons. The molecule has 4 rings (SSSR count). The van der Waals surface area contributed by atoms with Crippen molar-refractivity contribution in [2.45, 2.75) is 30.6 Å². The SMILES string of the molecule is CN(C)c1cnnc(Nc2ccc(NS(=O)(=O)c3ccc4c(c3)CCCC4)cc2)c1. The summed E-state index contributed by atoms with van der Waals surface area (Å²) >= 11 is 0. The molecule has 1 aliphatic carbocycles. The first-order chi connectivity index (χ1) is 14.4. The highest BCUT2D eigenvalue weighted by Crippen LogP contribution is 2.26. The average molecular weight is 424 g/mol. The number of sulfonamides is 1. The number of aromatic nitrogens is 2. The van der Waals surface area contributed by atoms with Crippen molar-refractivity contribution < 1.29 is 8.42 Å². The highest BCUT2D eigenvalue weighted by molar-refractivity contribution is 7.92. The number of aryl methyl sites for hydroxylation is 2. The highest BCUT2D eigenvalue weighted by atomic mass is 32.2. The van der Waals surface area contributed by atoms with Crippen LogP contribution in [0.1, 0.15) is 24.0 Å². The van der Waals surface area contributed by atoms with Crippen molar-refractivity contribution in [1.82, 2.24) is 10.2 Å². The Balaban J connectivity index is 1.47. The molecule has 2 aromatic carbocycles. The average Bonchev–Trinajstić information content (AvgIpc) is 2.75. The third-order valence-corrected chi connectivity index (χ3v) is 6.58. The number of rotatable bonds is 6. The molecule has 0 unspecified atom stereocenters. The van der Waals surface area contributed by atoms with Crippen molar-refractivity contribution in [3.05, 3.63) is 65.9 Å². The lowest BCUT2D eigenvalue weighted by atomic mass is 9.92. The largest absolute Gasteiger partial charge is 0.376 e. The van der Waals surface area contributed by atoms with E-state index >= 15 is 0 Å². The molecular formula is C22H25N5O2S. The van der Waals surface area contributed by atoms with E-state index in [1.165, 1.54) is 12.0 Å². The third kappa shape index (κ3) is 4.54. The summed E-state index contributed by atoms with van der Waals surface area (Å²) in [6.07, 6.45) is 5.93. The zero-order valence-corrected chi connectivity index (χ0v) is 17.9. The van der Waals surface area contributed by atoms with Crippen molar-refractivity contribution in [1.29, 1.82) is 0 Å². The van der Waals surface area contributed by atoms with Gasteiger partial charge in [0.15, 0.2) is 5.82 Å². The second-order valence-corrected chi connectivity index (χ2v) is 9.32. The first kappa shape index (κ1) is 20.2. The second kappa shape index (κ2) is 8.31. The maximum absolute atomic E-state index is 12.8. The normalized spacial score (nSPS) is 13.4. The van der Waals surface area contributed by atoms with E-state index in [1.54, 1.807) is 36.5 Å². The summed E-state index contributed by atoms with van der Waals surface area (Å²) < 4.78 is 28.3. The van der Waals surface area contributed by atoms with Gasteiger partial charge in [-0.2, -0.15) is 5.10 Å². The van der Waals surface area contributed by atoms with Crippen LogP contribution in [-0.2, 0) is 22.9 Å². The Morgan fingerprint density at radius 3 is 2.33 bits per heavy atom. The van der Waals surface area contributed by atoms with Crippen molar-refractivity contribution in [3.8, 4) is 0 Å². The number of anilines is 4. The molecule has 156 valence electrons. The topological polar surface area (TPSA) is 87.2 Å². The van der Waals surface area contributed by atoms with Crippen LogP contribution in [0.25, 0.3) is 0 Å². The summed E-state index contributed by atoms with van der Waals surface area (Å²) in [4.78, 5) is 2.25. The lowest BCUT2D eigenvalue weighted by molar-refractivity contribution is 0.600. The molecule has 3 aromatic rings. The molecule has 0 atom stereocenters. The van der Waals surface area contributed by atoms with E-state index in [0.717, 1.165) is 36.2 Å². The van der Waals surface area contributed by atoms with Gasteiger partial charge in [-0.1, -0.05) is 6.07 Å². The van der Waals surface area contributed by atoms with Gasteiger partial charge in [0.05, 0.1) is 16.8 Å². The molecule has 0 aliphatic heterocycles.